The van der Waals surface area contributed by atoms with Gasteiger partial charge in [0.25, 0.3) is 5.56 Å². The van der Waals surface area contributed by atoms with Crippen LogP contribution in [-0.2, 0) is 11.3 Å². The predicted octanol–water partition coefficient (Wildman–Crippen LogP) is 2.67. The van der Waals surface area contributed by atoms with E-state index in [0.717, 1.165) is 43.6 Å². The van der Waals surface area contributed by atoms with Crippen LogP contribution >= 0.6 is 0 Å². The lowest BCUT2D eigenvalue weighted by Gasteiger charge is -2.33. The third-order valence-corrected chi connectivity index (χ3v) is 5.21. The van der Waals surface area contributed by atoms with E-state index in [1.54, 1.807) is 12.3 Å². The molecule has 0 spiro atoms. The van der Waals surface area contributed by atoms with E-state index in [-0.39, 0.29) is 17.4 Å². The lowest BCUT2D eigenvalue weighted by Crippen LogP contribution is -2.44. The quantitative estimate of drug-likeness (QED) is 0.799. The minimum Gasteiger partial charge on any atom is -0.369 e. The summed E-state index contributed by atoms with van der Waals surface area (Å²) >= 11 is 0. The minimum atomic E-state index is -0.120. The maximum absolute atomic E-state index is 12.5. The van der Waals surface area contributed by atoms with Crippen LogP contribution < -0.4 is 15.8 Å². The van der Waals surface area contributed by atoms with E-state index in [1.165, 1.54) is 4.68 Å². The Hall–Kier alpha value is -2.63. The molecule has 1 aromatic carbocycles. The van der Waals surface area contributed by atoms with Crippen molar-refractivity contribution in [2.45, 2.75) is 39.7 Å². The normalized spacial score (nSPS) is 17.0. The third-order valence-electron chi connectivity index (χ3n) is 5.21. The van der Waals surface area contributed by atoms with Crippen LogP contribution in [0.1, 0.15) is 38.7 Å². The van der Waals surface area contributed by atoms with Crippen molar-refractivity contribution in [3.05, 3.63) is 58.5 Å². The minimum absolute atomic E-state index is 0.0346. The molecule has 0 bridgehead atoms. The third kappa shape index (κ3) is 5.44. The molecule has 150 valence electrons. The molecule has 1 aliphatic heterocycles. The second-order valence-corrected chi connectivity index (χ2v) is 7.95. The molecule has 28 heavy (non-hydrogen) atoms. The average Bonchev–Trinajstić information content (AvgIpc) is 2.70. The van der Waals surface area contributed by atoms with Crippen LogP contribution in [0.2, 0.25) is 0 Å². The molecule has 0 radical (unpaired) electrons. The molecule has 1 unspecified atom stereocenters. The number of rotatable bonds is 7. The summed E-state index contributed by atoms with van der Waals surface area (Å²) in [5.41, 5.74) is 1.72. The van der Waals surface area contributed by atoms with E-state index in [0.29, 0.717) is 19.0 Å². The van der Waals surface area contributed by atoms with Gasteiger partial charge < -0.3 is 10.2 Å². The van der Waals surface area contributed by atoms with Crippen molar-refractivity contribution in [3.63, 3.8) is 0 Å². The van der Waals surface area contributed by atoms with Crippen LogP contribution in [0.25, 0.3) is 0 Å². The van der Waals surface area contributed by atoms with Crippen molar-refractivity contribution in [2.75, 3.05) is 24.5 Å². The maximum atomic E-state index is 12.5. The monoisotopic (exact) mass is 382 g/mol. The van der Waals surface area contributed by atoms with Crippen molar-refractivity contribution in [1.29, 1.82) is 0 Å². The number of amides is 1. The highest BCUT2D eigenvalue weighted by Crippen LogP contribution is 2.22. The zero-order valence-corrected chi connectivity index (χ0v) is 16.8. The molecule has 1 aliphatic rings. The van der Waals surface area contributed by atoms with Gasteiger partial charge in [0.2, 0.25) is 5.91 Å². The number of anilines is 1. The molecular weight excluding hydrogens is 352 g/mol. The number of hydrogen-bond acceptors (Lipinski definition) is 4. The first-order valence-corrected chi connectivity index (χ1v) is 10.2. The lowest BCUT2D eigenvalue weighted by molar-refractivity contribution is -0.125. The average molecular weight is 383 g/mol. The molecule has 1 fully saturated rings. The van der Waals surface area contributed by atoms with Gasteiger partial charge in [-0.1, -0.05) is 44.2 Å². The van der Waals surface area contributed by atoms with E-state index in [9.17, 15) is 9.59 Å². The fraction of sp³-hybridized carbons (Fsp3) is 0.500. The van der Waals surface area contributed by atoms with E-state index in [1.807, 2.05) is 30.3 Å². The molecule has 0 saturated carbocycles. The summed E-state index contributed by atoms with van der Waals surface area (Å²) in [6.07, 6.45) is 4.56. The molecule has 1 aromatic heterocycles. The highest BCUT2D eigenvalue weighted by Gasteiger charge is 2.26. The standard InChI is InChI=1S/C22H30N4O2/c1-17(2)10-11-23-22(28)19-9-6-12-25(16-19)20-13-21(27)26(24-14-20)15-18-7-4-3-5-8-18/h3-5,7-8,13-14,17,19H,6,9-12,15-16H2,1-2H3,(H,23,28). The highest BCUT2D eigenvalue weighted by atomic mass is 16.2. The Kier molecular flexibility index (Phi) is 6.85. The molecule has 1 N–H and O–H groups in total. The Labute approximate surface area is 166 Å². The first-order valence-electron chi connectivity index (χ1n) is 10.2. The number of benzene rings is 1. The summed E-state index contributed by atoms with van der Waals surface area (Å²) < 4.78 is 1.47. The van der Waals surface area contributed by atoms with Gasteiger partial charge in [0, 0.05) is 25.7 Å². The molecule has 2 heterocycles. The van der Waals surface area contributed by atoms with Gasteiger partial charge >= 0.3 is 0 Å². The Morgan fingerprint density at radius 1 is 1.29 bits per heavy atom. The molecule has 1 saturated heterocycles. The fourth-order valence-electron chi connectivity index (χ4n) is 3.53. The first kappa shape index (κ1) is 20.1. The van der Waals surface area contributed by atoms with Crippen molar-refractivity contribution < 1.29 is 4.79 Å². The van der Waals surface area contributed by atoms with Crippen LogP contribution in [0.4, 0.5) is 5.69 Å². The van der Waals surface area contributed by atoms with E-state index in [2.05, 4.69) is 29.2 Å². The van der Waals surface area contributed by atoms with E-state index >= 15 is 0 Å². The van der Waals surface area contributed by atoms with Gasteiger partial charge in [0.1, 0.15) is 0 Å². The lowest BCUT2D eigenvalue weighted by atomic mass is 9.96. The van der Waals surface area contributed by atoms with Gasteiger partial charge in [-0.05, 0) is 30.7 Å². The molecule has 6 nitrogen and oxygen atoms in total. The van der Waals surface area contributed by atoms with Crippen LogP contribution in [0.5, 0.6) is 0 Å². The van der Waals surface area contributed by atoms with Gasteiger partial charge in [-0.15, -0.1) is 0 Å². The van der Waals surface area contributed by atoms with Crippen LogP contribution in [0.15, 0.2) is 47.4 Å². The zero-order valence-electron chi connectivity index (χ0n) is 16.8. The molecule has 1 atom stereocenters. The highest BCUT2D eigenvalue weighted by molar-refractivity contribution is 5.79. The molecule has 2 aromatic rings. The number of piperidine rings is 1. The van der Waals surface area contributed by atoms with Gasteiger partial charge in [-0.3, -0.25) is 9.59 Å². The number of aromatic nitrogens is 2. The molecular formula is C22H30N4O2. The zero-order chi connectivity index (χ0) is 19.9. The summed E-state index contributed by atoms with van der Waals surface area (Å²) in [6, 6.07) is 11.5. The Bertz CT molecular complexity index is 832. The smallest absolute Gasteiger partial charge is 0.269 e. The maximum Gasteiger partial charge on any atom is 0.269 e. The Morgan fingerprint density at radius 2 is 2.07 bits per heavy atom. The van der Waals surface area contributed by atoms with Gasteiger partial charge in [-0.25, -0.2) is 4.68 Å². The molecule has 3 rings (SSSR count). The first-order chi connectivity index (χ1) is 13.5. The topological polar surface area (TPSA) is 67.2 Å². The second kappa shape index (κ2) is 9.53. The number of nitrogens with zero attached hydrogens (tertiary/aromatic N) is 3. The van der Waals surface area contributed by atoms with Crippen molar-refractivity contribution >= 4 is 11.6 Å². The number of nitrogens with one attached hydrogen (secondary N) is 1. The van der Waals surface area contributed by atoms with Crippen LogP contribution in [0.3, 0.4) is 0 Å². The fourth-order valence-corrected chi connectivity index (χ4v) is 3.53. The number of carbonyl (C=O) groups is 1. The van der Waals surface area contributed by atoms with Gasteiger partial charge in [0.15, 0.2) is 0 Å². The number of hydrogen-bond donors (Lipinski definition) is 1. The van der Waals surface area contributed by atoms with Crippen molar-refractivity contribution in [2.24, 2.45) is 11.8 Å². The van der Waals surface area contributed by atoms with Gasteiger partial charge in [-0.2, -0.15) is 5.10 Å². The molecule has 6 heteroatoms. The summed E-state index contributed by atoms with van der Waals surface area (Å²) in [6.45, 7) is 6.98. The summed E-state index contributed by atoms with van der Waals surface area (Å²) in [5, 5.41) is 7.41. The van der Waals surface area contributed by atoms with Crippen molar-refractivity contribution in [3.8, 4) is 0 Å². The molecule has 1 amide bonds. The van der Waals surface area contributed by atoms with Crippen molar-refractivity contribution in [1.82, 2.24) is 15.1 Å². The largest absolute Gasteiger partial charge is 0.369 e. The van der Waals surface area contributed by atoms with E-state index < -0.39 is 0 Å². The number of carbonyl (C=O) groups excluding carboxylic acids is 1. The summed E-state index contributed by atoms with van der Waals surface area (Å²) in [5.74, 6) is 0.667. The molecule has 0 aliphatic carbocycles. The summed E-state index contributed by atoms with van der Waals surface area (Å²) in [7, 11) is 0. The van der Waals surface area contributed by atoms with Crippen LogP contribution in [-0.4, -0.2) is 35.3 Å². The predicted molar refractivity (Wildman–Crippen MR) is 111 cm³/mol. The van der Waals surface area contributed by atoms with Gasteiger partial charge in [0.05, 0.1) is 24.3 Å². The SMILES string of the molecule is CC(C)CCNC(=O)C1CCCN(c2cnn(Cc3ccccc3)c(=O)c2)C1. The van der Waals surface area contributed by atoms with E-state index in [4.69, 9.17) is 0 Å². The second-order valence-electron chi connectivity index (χ2n) is 7.95. The Balaban J connectivity index is 1.62. The summed E-state index contributed by atoms with van der Waals surface area (Å²) in [4.78, 5) is 27.1. The van der Waals surface area contributed by atoms with Crippen LogP contribution in [0, 0.1) is 11.8 Å². The Morgan fingerprint density at radius 3 is 2.79 bits per heavy atom.